The van der Waals surface area contributed by atoms with Gasteiger partial charge in [0, 0.05) is 5.69 Å². The summed E-state index contributed by atoms with van der Waals surface area (Å²) < 4.78 is 44.0. The van der Waals surface area contributed by atoms with E-state index in [1.807, 2.05) is 36.6 Å². The van der Waals surface area contributed by atoms with Crippen molar-refractivity contribution in [2.75, 3.05) is 5.32 Å². The number of rotatable bonds is 6. The zero-order chi connectivity index (χ0) is 23.8. The predicted octanol–water partition coefficient (Wildman–Crippen LogP) is 4.68. The maximum Gasteiger partial charge on any atom is 0.416 e. The fraction of sp³-hybridized carbons (Fsp3) is 0.125. The molecule has 0 aromatic heterocycles. The Morgan fingerprint density at radius 2 is 1.70 bits per heavy atom. The quantitative estimate of drug-likeness (QED) is 0.322. The summed E-state index contributed by atoms with van der Waals surface area (Å²) in [5.74, 6) is -1.69. The fourth-order valence-electron chi connectivity index (χ4n) is 2.71. The number of hydrogen-bond donors (Lipinski definition) is 2. The van der Waals surface area contributed by atoms with Crippen molar-refractivity contribution in [1.29, 1.82) is 0 Å². The van der Waals surface area contributed by atoms with Gasteiger partial charge in [-0.25, -0.2) is 5.43 Å². The van der Waals surface area contributed by atoms with E-state index in [9.17, 15) is 22.8 Å². The molecule has 0 fully saturated rings. The molecule has 3 rings (SSSR count). The summed E-state index contributed by atoms with van der Waals surface area (Å²) >= 11 is 0. The summed E-state index contributed by atoms with van der Waals surface area (Å²) in [7, 11) is 0. The highest BCUT2D eigenvalue weighted by Crippen LogP contribution is 2.30. The lowest BCUT2D eigenvalue weighted by molar-refractivity contribution is -0.137. The molecule has 0 aliphatic rings. The van der Waals surface area contributed by atoms with Gasteiger partial charge < -0.3 is 10.1 Å². The molecule has 0 radical (unpaired) electrons. The van der Waals surface area contributed by atoms with E-state index in [1.54, 1.807) is 24.3 Å². The van der Waals surface area contributed by atoms with E-state index in [1.165, 1.54) is 12.3 Å². The van der Waals surface area contributed by atoms with E-state index in [0.29, 0.717) is 17.9 Å². The Balaban J connectivity index is 1.53. The van der Waals surface area contributed by atoms with Crippen LogP contribution in [-0.4, -0.2) is 18.0 Å². The van der Waals surface area contributed by atoms with Gasteiger partial charge in [-0.3, -0.25) is 9.59 Å². The molecule has 2 amide bonds. The maximum atomic E-state index is 12.7. The highest BCUT2D eigenvalue weighted by molar-refractivity contribution is 6.39. The van der Waals surface area contributed by atoms with Crippen LogP contribution in [0.2, 0.25) is 0 Å². The van der Waals surface area contributed by atoms with Gasteiger partial charge in [0.15, 0.2) is 0 Å². The number of nitrogens with one attached hydrogen (secondary N) is 2. The number of carbonyl (C=O) groups excluding carboxylic acids is 2. The number of hydrogen-bond acceptors (Lipinski definition) is 4. The molecule has 3 aromatic carbocycles. The van der Waals surface area contributed by atoms with E-state index in [0.717, 1.165) is 29.3 Å². The summed E-state index contributed by atoms with van der Waals surface area (Å²) in [6.45, 7) is 2.38. The highest BCUT2D eigenvalue weighted by Gasteiger charge is 2.30. The van der Waals surface area contributed by atoms with Crippen LogP contribution in [0.25, 0.3) is 0 Å². The molecule has 170 valence electrons. The van der Waals surface area contributed by atoms with E-state index in [-0.39, 0.29) is 5.69 Å². The summed E-state index contributed by atoms with van der Waals surface area (Å²) in [6, 6.07) is 18.8. The summed E-state index contributed by atoms with van der Waals surface area (Å²) in [6.07, 6.45) is -3.25. The minimum absolute atomic E-state index is 0.160. The van der Waals surface area contributed by atoms with Gasteiger partial charge in [0.25, 0.3) is 0 Å². The lowest BCUT2D eigenvalue weighted by atomic mass is 10.2. The van der Waals surface area contributed by atoms with Crippen molar-refractivity contribution < 1.29 is 27.5 Å². The first-order valence-corrected chi connectivity index (χ1v) is 9.81. The van der Waals surface area contributed by atoms with E-state index in [2.05, 4.69) is 10.4 Å². The molecule has 33 heavy (non-hydrogen) atoms. The molecule has 3 aromatic rings. The molecular weight excluding hydrogens is 435 g/mol. The van der Waals surface area contributed by atoms with Crippen LogP contribution in [0.3, 0.4) is 0 Å². The first-order chi connectivity index (χ1) is 15.7. The van der Waals surface area contributed by atoms with Crippen LogP contribution in [-0.2, 0) is 22.4 Å². The van der Waals surface area contributed by atoms with Crippen molar-refractivity contribution in [3.8, 4) is 5.75 Å². The average Bonchev–Trinajstić information content (AvgIpc) is 2.78. The second-order valence-corrected chi connectivity index (χ2v) is 7.08. The van der Waals surface area contributed by atoms with Crippen LogP contribution in [0.1, 0.15) is 22.3 Å². The monoisotopic (exact) mass is 455 g/mol. The van der Waals surface area contributed by atoms with E-state index < -0.39 is 23.6 Å². The molecule has 0 unspecified atom stereocenters. The number of benzene rings is 3. The lowest BCUT2D eigenvalue weighted by Gasteiger charge is -2.09. The second-order valence-electron chi connectivity index (χ2n) is 7.08. The number of amides is 2. The van der Waals surface area contributed by atoms with Gasteiger partial charge in [-0.1, -0.05) is 48.0 Å². The first kappa shape index (κ1) is 23.5. The molecular formula is C24H20F3N3O3. The van der Waals surface area contributed by atoms with Gasteiger partial charge in [0.1, 0.15) is 12.4 Å². The summed E-state index contributed by atoms with van der Waals surface area (Å²) in [5, 5.41) is 5.81. The fourth-order valence-corrected chi connectivity index (χ4v) is 2.71. The molecule has 0 atom stereocenters. The molecule has 0 saturated carbocycles. The Bertz CT molecular complexity index is 1160. The summed E-state index contributed by atoms with van der Waals surface area (Å²) in [4.78, 5) is 23.8. The van der Waals surface area contributed by atoms with Crippen LogP contribution < -0.4 is 15.5 Å². The van der Waals surface area contributed by atoms with Crippen molar-refractivity contribution >= 4 is 23.7 Å². The average molecular weight is 455 g/mol. The van der Waals surface area contributed by atoms with Crippen molar-refractivity contribution in [3.05, 3.63) is 95.1 Å². The van der Waals surface area contributed by atoms with Crippen LogP contribution in [0.5, 0.6) is 5.75 Å². The Hall–Kier alpha value is -4.14. The molecule has 0 aliphatic carbocycles. The van der Waals surface area contributed by atoms with Crippen molar-refractivity contribution in [2.24, 2.45) is 5.10 Å². The number of nitrogens with zero attached hydrogens (tertiary/aromatic N) is 1. The smallest absolute Gasteiger partial charge is 0.416 e. The maximum absolute atomic E-state index is 12.7. The third-order valence-electron chi connectivity index (χ3n) is 4.42. The van der Waals surface area contributed by atoms with E-state index >= 15 is 0 Å². The van der Waals surface area contributed by atoms with Gasteiger partial charge in [-0.15, -0.1) is 0 Å². The molecule has 0 heterocycles. The Morgan fingerprint density at radius 1 is 0.970 bits per heavy atom. The number of hydrazone groups is 1. The number of halogens is 3. The second kappa shape index (κ2) is 10.4. The third-order valence-corrected chi connectivity index (χ3v) is 4.42. The first-order valence-electron chi connectivity index (χ1n) is 9.81. The van der Waals surface area contributed by atoms with Gasteiger partial charge in [0.2, 0.25) is 0 Å². The molecule has 2 N–H and O–H groups in total. The highest BCUT2D eigenvalue weighted by atomic mass is 19.4. The third kappa shape index (κ3) is 7.20. The molecule has 0 aliphatic heterocycles. The molecule has 0 saturated heterocycles. The van der Waals surface area contributed by atoms with Crippen molar-refractivity contribution in [1.82, 2.24) is 5.43 Å². The minimum Gasteiger partial charge on any atom is -0.489 e. The standard InChI is InChI=1S/C24H20F3N3O3/c1-16-8-10-17(11-9-16)15-33-21-7-2-4-18(12-21)14-28-30-23(32)22(31)29-20-6-3-5-19(13-20)24(25,26)27/h2-14H,15H2,1H3,(H,29,31)(H,30,32). The lowest BCUT2D eigenvalue weighted by Crippen LogP contribution is -2.32. The number of aryl methyl sites for hydroxylation is 1. The van der Waals surface area contributed by atoms with Crippen molar-refractivity contribution in [2.45, 2.75) is 19.7 Å². The topological polar surface area (TPSA) is 79.8 Å². The Morgan fingerprint density at radius 3 is 2.42 bits per heavy atom. The summed E-state index contributed by atoms with van der Waals surface area (Å²) in [5.41, 5.74) is 3.71. The Kier molecular flexibility index (Phi) is 7.45. The SMILES string of the molecule is Cc1ccc(COc2cccc(C=NNC(=O)C(=O)Nc3cccc(C(F)(F)F)c3)c2)cc1. The Labute approximate surface area is 188 Å². The number of anilines is 1. The molecule has 0 bridgehead atoms. The van der Waals surface area contributed by atoms with Crippen LogP contribution in [0.15, 0.2) is 77.9 Å². The normalized spacial score (nSPS) is 11.3. The van der Waals surface area contributed by atoms with Gasteiger partial charge in [0.05, 0.1) is 11.8 Å². The largest absolute Gasteiger partial charge is 0.489 e. The predicted molar refractivity (Wildman–Crippen MR) is 118 cm³/mol. The number of alkyl halides is 3. The van der Waals surface area contributed by atoms with Crippen LogP contribution >= 0.6 is 0 Å². The van der Waals surface area contributed by atoms with Crippen LogP contribution in [0, 0.1) is 6.92 Å². The van der Waals surface area contributed by atoms with Crippen molar-refractivity contribution in [3.63, 3.8) is 0 Å². The zero-order valence-electron chi connectivity index (χ0n) is 17.5. The van der Waals surface area contributed by atoms with Gasteiger partial charge >= 0.3 is 18.0 Å². The molecule has 9 heteroatoms. The molecule has 0 spiro atoms. The number of carbonyl (C=O) groups is 2. The minimum atomic E-state index is -4.56. The molecule has 6 nitrogen and oxygen atoms in total. The van der Waals surface area contributed by atoms with Gasteiger partial charge in [-0.05, 0) is 48.4 Å². The van der Waals surface area contributed by atoms with Crippen LogP contribution in [0.4, 0.5) is 18.9 Å². The van der Waals surface area contributed by atoms with E-state index in [4.69, 9.17) is 4.74 Å². The number of ether oxygens (including phenoxy) is 1. The zero-order valence-corrected chi connectivity index (χ0v) is 17.5. The van der Waals surface area contributed by atoms with Gasteiger partial charge in [-0.2, -0.15) is 18.3 Å².